The molecule has 4 rings (SSSR count). The number of hydrogen-bond acceptors (Lipinski definition) is 5. The molecular weight excluding hydrogens is 470 g/mol. The highest BCUT2D eigenvalue weighted by Crippen LogP contribution is 2.27. The van der Waals surface area contributed by atoms with Gasteiger partial charge < -0.3 is 20.5 Å². The summed E-state index contributed by atoms with van der Waals surface area (Å²) in [5.41, 5.74) is 8.79. The number of ketones is 1. The molecule has 0 bridgehead atoms. The van der Waals surface area contributed by atoms with Crippen LogP contribution < -0.4 is 10.5 Å². The Balaban J connectivity index is 1.55. The number of hydrogen-bond donors (Lipinski definition) is 3. The largest absolute Gasteiger partial charge is 0.482 e. The van der Waals surface area contributed by atoms with Gasteiger partial charge in [0.1, 0.15) is 11.6 Å². The van der Waals surface area contributed by atoms with E-state index in [4.69, 9.17) is 21.0 Å². The third-order valence-electron chi connectivity index (χ3n) is 6.48. The Bertz CT molecular complexity index is 1300. The van der Waals surface area contributed by atoms with Crippen molar-refractivity contribution >= 4 is 23.5 Å². The Morgan fingerprint density at radius 3 is 2.30 bits per heavy atom. The molecule has 4 N–H and O–H groups in total. The first-order valence-corrected chi connectivity index (χ1v) is 12.1. The van der Waals surface area contributed by atoms with Gasteiger partial charge in [-0.05, 0) is 67.1 Å². The highest BCUT2D eigenvalue weighted by molar-refractivity contribution is 6.05. The van der Waals surface area contributed by atoms with E-state index in [1.165, 1.54) is 0 Å². The summed E-state index contributed by atoms with van der Waals surface area (Å²) < 4.78 is 5.49. The normalized spacial score (nSPS) is 14.8. The van der Waals surface area contributed by atoms with E-state index in [1.807, 2.05) is 30.3 Å². The van der Waals surface area contributed by atoms with E-state index in [-0.39, 0.29) is 17.5 Å². The Morgan fingerprint density at radius 2 is 1.62 bits per heavy atom. The van der Waals surface area contributed by atoms with Crippen molar-refractivity contribution in [2.45, 2.75) is 31.7 Å². The fourth-order valence-electron chi connectivity index (χ4n) is 4.57. The van der Waals surface area contributed by atoms with Crippen LogP contribution in [-0.4, -0.2) is 52.7 Å². The molecule has 37 heavy (non-hydrogen) atoms. The Hall–Kier alpha value is -4.46. The molecule has 8 heteroatoms. The summed E-state index contributed by atoms with van der Waals surface area (Å²) in [6.07, 6.45) is 2.54. The number of rotatable bonds is 10. The number of Topliss-reactive ketones (excluding diaryl/α,β-unsaturated/α-hetero) is 1. The number of amides is 1. The van der Waals surface area contributed by atoms with E-state index in [2.05, 4.69) is 0 Å². The number of aryl methyl sites for hydroxylation is 2. The summed E-state index contributed by atoms with van der Waals surface area (Å²) in [5.74, 6) is -1.12. The molecule has 1 amide bonds. The molecular formula is C29H29N3O5. The predicted molar refractivity (Wildman–Crippen MR) is 139 cm³/mol. The SMILES string of the molecule is N=C(N)c1ccc(C(=O)N2CCC[C@@H]2C(=O)c2ccc(OCC(=O)O)c(CCc3ccccc3)c2)cc1. The van der Waals surface area contributed by atoms with Gasteiger partial charge in [0.2, 0.25) is 0 Å². The first kappa shape index (κ1) is 25.6. The van der Waals surface area contributed by atoms with E-state index >= 15 is 0 Å². The van der Waals surface area contributed by atoms with E-state index in [0.29, 0.717) is 54.7 Å². The number of carbonyl (C=O) groups is 3. The van der Waals surface area contributed by atoms with Crippen LogP contribution in [0, 0.1) is 5.41 Å². The number of nitrogens with zero attached hydrogens (tertiary/aromatic N) is 1. The second-order valence-electron chi connectivity index (χ2n) is 9.00. The Morgan fingerprint density at radius 1 is 0.946 bits per heavy atom. The van der Waals surface area contributed by atoms with Gasteiger partial charge in [0.15, 0.2) is 12.4 Å². The fourth-order valence-corrected chi connectivity index (χ4v) is 4.57. The van der Waals surface area contributed by atoms with Crippen molar-refractivity contribution in [3.63, 3.8) is 0 Å². The van der Waals surface area contributed by atoms with Gasteiger partial charge in [-0.25, -0.2) is 4.79 Å². The lowest BCUT2D eigenvalue weighted by atomic mass is 9.96. The van der Waals surface area contributed by atoms with Crippen molar-refractivity contribution in [2.75, 3.05) is 13.2 Å². The first-order chi connectivity index (χ1) is 17.8. The van der Waals surface area contributed by atoms with Crippen molar-refractivity contribution in [1.29, 1.82) is 5.41 Å². The highest BCUT2D eigenvalue weighted by atomic mass is 16.5. The Labute approximate surface area is 215 Å². The number of nitrogen functional groups attached to an aromatic ring is 1. The number of nitrogens with two attached hydrogens (primary N) is 1. The predicted octanol–water partition coefficient (Wildman–Crippen LogP) is 3.71. The van der Waals surface area contributed by atoms with Crippen LogP contribution in [0.1, 0.15) is 50.2 Å². The monoisotopic (exact) mass is 499 g/mol. The van der Waals surface area contributed by atoms with Crippen LogP contribution in [0.2, 0.25) is 0 Å². The standard InChI is InChI=1S/C29H29N3O5/c30-28(31)20-10-12-21(13-11-20)29(36)32-16-4-7-24(32)27(35)23-14-15-25(37-18-26(33)34)22(17-23)9-8-19-5-2-1-3-6-19/h1-3,5-6,10-15,17,24H,4,7-9,16,18H2,(H3,30,31)(H,33,34)/t24-/m1/s1. The zero-order valence-electron chi connectivity index (χ0n) is 20.4. The number of likely N-dealkylation sites (tertiary alicyclic amines) is 1. The van der Waals surface area contributed by atoms with Crippen molar-refractivity contribution in [3.8, 4) is 5.75 Å². The average Bonchev–Trinajstić information content (AvgIpc) is 3.40. The molecule has 0 aromatic heterocycles. The van der Waals surface area contributed by atoms with E-state index in [9.17, 15) is 14.4 Å². The molecule has 0 aliphatic carbocycles. The second kappa shape index (κ2) is 11.5. The van der Waals surface area contributed by atoms with Gasteiger partial charge in [0.25, 0.3) is 5.91 Å². The number of carboxylic acids is 1. The Kier molecular flexibility index (Phi) is 7.98. The molecule has 1 fully saturated rings. The molecule has 0 radical (unpaired) electrons. The second-order valence-corrected chi connectivity index (χ2v) is 9.00. The maximum atomic E-state index is 13.6. The number of aliphatic carboxylic acids is 1. The fraction of sp³-hybridized carbons (Fsp3) is 0.241. The first-order valence-electron chi connectivity index (χ1n) is 12.1. The van der Waals surface area contributed by atoms with E-state index in [1.54, 1.807) is 47.4 Å². The van der Waals surface area contributed by atoms with Crippen LogP contribution in [-0.2, 0) is 17.6 Å². The van der Waals surface area contributed by atoms with Crippen LogP contribution in [0.15, 0.2) is 72.8 Å². The van der Waals surface area contributed by atoms with Crippen molar-refractivity contribution in [3.05, 3.63) is 101 Å². The van der Waals surface area contributed by atoms with Gasteiger partial charge in [-0.2, -0.15) is 0 Å². The number of carbonyl (C=O) groups excluding carboxylic acids is 2. The van der Waals surface area contributed by atoms with Crippen LogP contribution >= 0.6 is 0 Å². The summed E-state index contributed by atoms with van der Waals surface area (Å²) >= 11 is 0. The van der Waals surface area contributed by atoms with Crippen LogP contribution in [0.3, 0.4) is 0 Å². The third kappa shape index (κ3) is 6.22. The lowest BCUT2D eigenvalue weighted by molar-refractivity contribution is -0.139. The zero-order chi connectivity index (χ0) is 26.4. The average molecular weight is 500 g/mol. The molecule has 0 spiro atoms. The summed E-state index contributed by atoms with van der Waals surface area (Å²) in [6, 6.07) is 20.8. The summed E-state index contributed by atoms with van der Waals surface area (Å²) in [5, 5.41) is 16.6. The third-order valence-corrected chi connectivity index (χ3v) is 6.48. The van der Waals surface area contributed by atoms with Gasteiger partial charge >= 0.3 is 5.97 Å². The minimum absolute atomic E-state index is 0.0768. The van der Waals surface area contributed by atoms with Gasteiger partial charge in [-0.3, -0.25) is 15.0 Å². The quantitative estimate of drug-likeness (QED) is 0.221. The topological polar surface area (TPSA) is 134 Å². The van der Waals surface area contributed by atoms with Crippen LogP contribution in [0.25, 0.3) is 0 Å². The van der Waals surface area contributed by atoms with E-state index in [0.717, 1.165) is 11.1 Å². The van der Waals surface area contributed by atoms with Crippen molar-refractivity contribution in [1.82, 2.24) is 4.90 Å². The van der Waals surface area contributed by atoms with Gasteiger partial charge in [0.05, 0.1) is 6.04 Å². The van der Waals surface area contributed by atoms with Crippen molar-refractivity contribution < 1.29 is 24.2 Å². The van der Waals surface area contributed by atoms with Crippen LogP contribution in [0.5, 0.6) is 5.75 Å². The summed E-state index contributed by atoms with van der Waals surface area (Å²) in [7, 11) is 0. The molecule has 190 valence electrons. The molecule has 1 saturated heterocycles. The van der Waals surface area contributed by atoms with Gasteiger partial charge in [-0.15, -0.1) is 0 Å². The molecule has 8 nitrogen and oxygen atoms in total. The molecule has 1 atom stereocenters. The molecule has 0 saturated carbocycles. The number of ether oxygens (including phenoxy) is 1. The number of carboxylic acid groups (broad SMARTS) is 1. The zero-order valence-corrected chi connectivity index (χ0v) is 20.4. The smallest absolute Gasteiger partial charge is 0.341 e. The number of amidine groups is 1. The van der Waals surface area contributed by atoms with E-state index < -0.39 is 18.6 Å². The molecule has 1 aliphatic heterocycles. The number of benzene rings is 3. The number of nitrogens with one attached hydrogen (secondary N) is 1. The highest BCUT2D eigenvalue weighted by Gasteiger charge is 2.35. The van der Waals surface area contributed by atoms with Gasteiger partial charge in [-0.1, -0.05) is 42.5 Å². The summed E-state index contributed by atoms with van der Waals surface area (Å²) in [6.45, 7) is 0.00330. The van der Waals surface area contributed by atoms with Crippen LogP contribution in [0.4, 0.5) is 0 Å². The molecule has 3 aromatic rings. The van der Waals surface area contributed by atoms with Gasteiger partial charge in [0, 0.05) is 23.2 Å². The molecule has 1 heterocycles. The lowest BCUT2D eigenvalue weighted by Gasteiger charge is -2.24. The van der Waals surface area contributed by atoms with Crippen molar-refractivity contribution in [2.24, 2.45) is 5.73 Å². The lowest BCUT2D eigenvalue weighted by Crippen LogP contribution is -2.40. The molecule has 3 aromatic carbocycles. The molecule has 0 unspecified atom stereocenters. The summed E-state index contributed by atoms with van der Waals surface area (Å²) in [4.78, 5) is 39.4. The maximum absolute atomic E-state index is 13.6. The maximum Gasteiger partial charge on any atom is 0.341 e. The minimum Gasteiger partial charge on any atom is -0.482 e. The minimum atomic E-state index is -1.08. The molecule has 1 aliphatic rings.